The number of nitrogens with zero attached hydrogens (tertiary/aromatic N) is 2. The molecule has 18 heavy (non-hydrogen) atoms. The summed E-state index contributed by atoms with van der Waals surface area (Å²) in [7, 11) is 0. The molecule has 0 bridgehead atoms. The SMILES string of the molecule is Cc1ccc(F)cc1-c1nc(C(N)C(C)C)no1. The molecule has 4 nitrogen and oxygen atoms in total. The molecule has 2 rings (SSSR count). The summed E-state index contributed by atoms with van der Waals surface area (Å²) in [5.41, 5.74) is 7.42. The number of hydrogen-bond acceptors (Lipinski definition) is 4. The largest absolute Gasteiger partial charge is 0.334 e. The van der Waals surface area contributed by atoms with E-state index in [1.807, 2.05) is 20.8 Å². The number of nitrogens with two attached hydrogens (primary N) is 1. The molecule has 0 aliphatic carbocycles. The number of hydrogen-bond donors (Lipinski definition) is 1. The van der Waals surface area contributed by atoms with Crippen LogP contribution in [0.1, 0.15) is 31.3 Å². The van der Waals surface area contributed by atoms with Gasteiger partial charge in [-0.15, -0.1) is 0 Å². The van der Waals surface area contributed by atoms with Crippen LogP contribution < -0.4 is 5.73 Å². The predicted molar refractivity (Wildman–Crippen MR) is 66.2 cm³/mol. The molecule has 96 valence electrons. The molecule has 1 heterocycles. The van der Waals surface area contributed by atoms with Crippen LogP contribution in [0.2, 0.25) is 0 Å². The van der Waals surface area contributed by atoms with Crippen molar-refractivity contribution < 1.29 is 8.91 Å². The molecule has 2 aromatic rings. The summed E-state index contributed by atoms with van der Waals surface area (Å²) in [6, 6.07) is 4.18. The van der Waals surface area contributed by atoms with E-state index in [-0.39, 0.29) is 17.8 Å². The number of aryl methyl sites for hydroxylation is 1. The van der Waals surface area contributed by atoms with Crippen molar-refractivity contribution in [2.45, 2.75) is 26.8 Å². The van der Waals surface area contributed by atoms with Gasteiger partial charge < -0.3 is 10.3 Å². The summed E-state index contributed by atoms with van der Waals surface area (Å²) in [6.07, 6.45) is 0. The molecule has 0 spiro atoms. The molecule has 0 saturated heterocycles. The van der Waals surface area contributed by atoms with Crippen LogP contribution in [-0.4, -0.2) is 10.1 Å². The van der Waals surface area contributed by atoms with E-state index < -0.39 is 0 Å². The van der Waals surface area contributed by atoms with Crippen molar-refractivity contribution in [2.75, 3.05) is 0 Å². The molecule has 5 heteroatoms. The lowest BCUT2D eigenvalue weighted by molar-refractivity contribution is 0.399. The highest BCUT2D eigenvalue weighted by molar-refractivity contribution is 5.58. The maximum Gasteiger partial charge on any atom is 0.258 e. The standard InChI is InChI=1S/C13H16FN3O/c1-7(2)11(15)12-16-13(18-17-12)10-6-9(14)5-4-8(10)3/h4-7,11H,15H2,1-3H3. The summed E-state index contributed by atoms with van der Waals surface area (Å²) in [6.45, 7) is 5.82. The van der Waals surface area contributed by atoms with E-state index in [0.29, 0.717) is 17.3 Å². The van der Waals surface area contributed by atoms with E-state index in [1.54, 1.807) is 6.07 Å². The second-order valence-corrected chi connectivity index (χ2v) is 4.69. The third kappa shape index (κ3) is 2.41. The lowest BCUT2D eigenvalue weighted by Gasteiger charge is -2.09. The minimum atomic E-state index is -0.330. The Balaban J connectivity index is 2.38. The molecule has 0 aliphatic rings. The van der Waals surface area contributed by atoms with Crippen molar-refractivity contribution in [3.63, 3.8) is 0 Å². The fourth-order valence-corrected chi connectivity index (χ4v) is 1.60. The summed E-state index contributed by atoms with van der Waals surface area (Å²) >= 11 is 0. The Bertz CT molecular complexity index is 551. The highest BCUT2D eigenvalue weighted by atomic mass is 19.1. The highest BCUT2D eigenvalue weighted by Crippen LogP contribution is 2.24. The molecule has 1 unspecified atom stereocenters. The van der Waals surface area contributed by atoms with Crippen molar-refractivity contribution in [3.8, 4) is 11.5 Å². The second kappa shape index (κ2) is 4.86. The molecule has 0 aliphatic heterocycles. The van der Waals surface area contributed by atoms with Gasteiger partial charge in [0.1, 0.15) is 5.82 Å². The highest BCUT2D eigenvalue weighted by Gasteiger charge is 2.19. The van der Waals surface area contributed by atoms with Gasteiger partial charge in [-0.1, -0.05) is 25.1 Å². The van der Waals surface area contributed by atoms with E-state index >= 15 is 0 Å². The van der Waals surface area contributed by atoms with Crippen LogP contribution >= 0.6 is 0 Å². The maximum absolute atomic E-state index is 13.2. The first-order valence-electron chi connectivity index (χ1n) is 5.84. The van der Waals surface area contributed by atoms with Crippen LogP contribution in [0.5, 0.6) is 0 Å². The molecule has 1 aromatic heterocycles. The fourth-order valence-electron chi connectivity index (χ4n) is 1.60. The van der Waals surface area contributed by atoms with Gasteiger partial charge in [-0.25, -0.2) is 4.39 Å². The quantitative estimate of drug-likeness (QED) is 0.908. The Hall–Kier alpha value is -1.75. The molecule has 0 amide bonds. The average Bonchev–Trinajstić information content (AvgIpc) is 2.80. The molecular formula is C13H16FN3O. The molecule has 1 atom stereocenters. The van der Waals surface area contributed by atoms with Crippen molar-refractivity contribution in [1.29, 1.82) is 0 Å². The first-order valence-corrected chi connectivity index (χ1v) is 5.84. The molecule has 0 fully saturated rings. The normalized spacial score (nSPS) is 13.0. The van der Waals surface area contributed by atoms with Crippen LogP contribution in [0.25, 0.3) is 11.5 Å². The summed E-state index contributed by atoms with van der Waals surface area (Å²) in [5, 5.41) is 3.85. The van der Waals surface area contributed by atoms with Gasteiger partial charge in [0.2, 0.25) is 0 Å². The maximum atomic E-state index is 13.2. The Morgan fingerprint density at radius 1 is 1.33 bits per heavy atom. The Kier molecular flexibility index (Phi) is 3.43. The van der Waals surface area contributed by atoms with Crippen LogP contribution in [0.4, 0.5) is 4.39 Å². The van der Waals surface area contributed by atoms with Gasteiger partial charge in [0.15, 0.2) is 5.82 Å². The minimum Gasteiger partial charge on any atom is -0.334 e. The van der Waals surface area contributed by atoms with Gasteiger partial charge in [0.05, 0.1) is 6.04 Å². The molecular weight excluding hydrogens is 233 g/mol. The van der Waals surface area contributed by atoms with Gasteiger partial charge in [0.25, 0.3) is 5.89 Å². The van der Waals surface area contributed by atoms with Crippen molar-refractivity contribution in [1.82, 2.24) is 10.1 Å². The fraction of sp³-hybridized carbons (Fsp3) is 0.385. The Morgan fingerprint density at radius 3 is 2.72 bits per heavy atom. The van der Waals surface area contributed by atoms with E-state index in [0.717, 1.165) is 5.56 Å². The number of aromatic nitrogens is 2. The van der Waals surface area contributed by atoms with Crippen LogP contribution in [0.15, 0.2) is 22.7 Å². The monoisotopic (exact) mass is 249 g/mol. The third-order valence-electron chi connectivity index (χ3n) is 2.89. The molecule has 1 aromatic carbocycles. The first kappa shape index (κ1) is 12.7. The number of benzene rings is 1. The van der Waals surface area contributed by atoms with Crippen LogP contribution in [0.3, 0.4) is 0 Å². The topological polar surface area (TPSA) is 64.9 Å². The summed E-state index contributed by atoms with van der Waals surface area (Å²) in [4.78, 5) is 4.23. The van der Waals surface area contributed by atoms with Gasteiger partial charge in [0, 0.05) is 5.56 Å². The van der Waals surface area contributed by atoms with E-state index in [4.69, 9.17) is 10.3 Å². The minimum absolute atomic E-state index is 0.212. The van der Waals surface area contributed by atoms with E-state index in [1.165, 1.54) is 12.1 Å². The molecule has 0 radical (unpaired) electrons. The van der Waals surface area contributed by atoms with Gasteiger partial charge in [-0.05, 0) is 30.5 Å². The van der Waals surface area contributed by atoms with Crippen LogP contribution in [0, 0.1) is 18.7 Å². The Labute approximate surface area is 105 Å². The van der Waals surface area contributed by atoms with Crippen molar-refractivity contribution in [3.05, 3.63) is 35.4 Å². The van der Waals surface area contributed by atoms with Crippen LogP contribution in [-0.2, 0) is 0 Å². The van der Waals surface area contributed by atoms with E-state index in [2.05, 4.69) is 10.1 Å². The third-order valence-corrected chi connectivity index (χ3v) is 2.89. The second-order valence-electron chi connectivity index (χ2n) is 4.69. The summed E-state index contributed by atoms with van der Waals surface area (Å²) in [5.74, 6) is 0.634. The zero-order valence-electron chi connectivity index (χ0n) is 10.6. The van der Waals surface area contributed by atoms with E-state index in [9.17, 15) is 4.39 Å². The van der Waals surface area contributed by atoms with Gasteiger partial charge in [-0.3, -0.25) is 0 Å². The first-order chi connectivity index (χ1) is 8.49. The van der Waals surface area contributed by atoms with Crippen molar-refractivity contribution >= 4 is 0 Å². The smallest absolute Gasteiger partial charge is 0.258 e. The lowest BCUT2D eigenvalue weighted by atomic mass is 10.1. The number of halogens is 1. The zero-order valence-corrected chi connectivity index (χ0v) is 10.6. The molecule has 0 saturated carbocycles. The predicted octanol–water partition coefficient (Wildman–Crippen LogP) is 2.84. The van der Waals surface area contributed by atoms with Gasteiger partial charge in [-0.2, -0.15) is 4.98 Å². The van der Waals surface area contributed by atoms with Crippen molar-refractivity contribution in [2.24, 2.45) is 11.7 Å². The number of rotatable bonds is 3. The summed E-state index contributed by atoms with van der Waals surface area (Å²) < 4.78 is 18.4. The average molecular weight is 249 g/mol. The molecule has 2 N–H and O–H groups in total. The zero-order chi connectivity index (χ0) is 13.3. The lowest BCUT2D eigenvalue weighted by Crippen LogP contribution is -2.18. The Morgan fingerprint density at radius 2 is 2.06 bits per heavy atom. The van der Waals surface area contributed by atoms with Gasteiger partial charge >= 0.3 is 0 Å².